The maximum Gasteiger partial charge on any atom is 0.257 e. The first-order valence-electron chi connectivity index (χ1n) is 9.19. The predicted molar refractivity (Wildman–Crippen MR) is 105 cm³/mol. The van der Waals surface area contributed by atoms with Gasteiger partial charge in [0.05, 0.1) is 21.1 Å². The van der Waals surface area contributed by atoms with E-state index in [1.54, 1.807) is 24.8 Å². The highest BCUT2D eigenvalue weighted by Crippen LogP contribution is 2.35. The molecule has 28 heavy (non-hydrogen) atoms. The lowest BCUT2D eigenvalue weighted by Crippen LogP contribution is -2.45. The van der Waals surface area contributed by atoms with Crippen LogP contribution in [0.2, 0.25) is 0 Å². The summed E-state index contributed by atoms with van der Waals surface area (Å²) in [4.78, 5) is 28.1. The van der Waals surface area contributed by atoms with E-state index < -0.39 is 26.6 Å². The largest absolute Gasteiger partial charge is 0.460 e. The molecule has 1 unspecified atom stereocenters. The van der Waals surface area contributed by atoms with Crippen molar-refractivity contribution in [2.24, 2.45) is 5.41 Å². The summed E-state index contributed by atoms with van der Waals surface area (Å²) in [5.41, 5.74) is -0.454. The Hall–Kier alpha value is -2.13. The van der Waals surface area contributed by atoms with Crippen molar-refractivity contribution in [2.75, 3.05) is 13.1 Å². The average Bonchev–Trinajstić information content (AvgIpc) is 3.04. The number of furan rings is 1. The van der Waals surface area contributed by atoms with Gasteiger partial charge in [-0.2, -0.15) is 0 Å². The third-order valence-corrected chi connectivity index (χ3v) is 8.12. The molecule has 2 fully saturated rings. The van der Waals surface area contributed by atoms with Gasteiger partial charge in [0.2, 0.25) is 15.9 Å². The Bertz CT molecular complexity index is 1020. The molecule has 4 rings (SSSR count). The van der Waals surface area contributed by atoms with Gasteiger partial charge in [-0.15, -0.1) is 11.3 Å². The van der Waals surface area contributed by atoms with Crippen molar-refractivity contribution in [1.82, 2.24) is 9.62 Å². The highest BCUT2D eigenvalue weighted by molar-refractivity contribution is 7.90. The second-order valence-electron chi connectivity index (χ2n) is 7.77. The lowest BCUT2D eigenvalue weighted by Gasteiger charge is -2.23. The van der Waals surface area contributed by atoms with Gasteiger partial charge in [0, 0.05) is 13.1 Å². The number of nitrogens with one attached hydrogen (secondary N) is 1. The van der Waals surface area contributed by atoms with Gasteiger partial charge >= 0.3 is 0 Å². The van der Waals surface area contributed by atoms with Gasteiger partial charge in [-0.25, -0.2) is 8.42 Å². The Balaban J connectivity index is 1.48. The lowest BCUT2D eigenvalue weighted by molar-refractivity contribution is -0.127. The molecule has 7 nitrogen and oxygen atoms in total. The summed E-state index contributed by atoms with van der Waals surface area (Å²) in [5, 5.41) is 1.48. The van der Waals surface area contributed by atoms with Gasteiger partial charge in [0.1, 0.15) is 11.5 Å². The predicted octanol–water partition coefficient (Wildman–Crippen LogP) is 2.78. The van der Waals surface area contributed by atoms with Crippen LogP contribution >= 0.6 is 11.3 Å². The molecule has 9 heteroatoms. The summed E-state index contributed by atoms with van der Waals surface area (Å²) in [6, 6.07) is 5.57. The van der Waals surface area contributed by atoms with E-state index in [2.05, 4.69) is 4.72 Å². The minimum atomic E-state index is -3.60. The fourth-order valence-corrected chi connectivity index (χ4v) is 5.54. The first-order valence-corrected chi connectivity index (χ1v) is 11.6. The van der Waals surface area contributed by atoms with Crippen molar-refractivity contribution < 1.29 is 22.4 Å². The molecule has 2 aromatic heterocycles. The normalized spacial score (nSPS) is 22.4. The number of hydrogen-bond acceptors (Lipinski definition) is 6. The topological polar surface area (TPSA) is 96.7 Å². The molecule has 2 aliphatic rings. The van der Waals surface area contributed by atoms with Gasteiger partial charge in [-0.3, -0.25) is 14.3 Å². The fourth-order valence-electron chi connectivity index (χ4n) is 3.44. The van der Waals surface area contributed by atoms with Gasteiger partial charge in [-0.05, 0) is 50.6 Å². The average molecular weight is 423 g/mol. The number of thiophene rings is 1. The zero-order chi connectivity index (χ0) is 20.1. The molecule has 1 atom stereocenters. The van der Waals surface area contributed by atoms with Gasteiger partial charge in [-0.1, -0.05) is 6.07 Å². The number of carbonyl (C=O) groups excluding carboxylic acids is 2. The van der Waals surface area contributed by atoms with Crippen LogP contribution < -0.4 is 4.72 Å². The van der Waals surface area contributed by atoms with Crippen molar-refractivity contribution in [2.45, 2.75) is 38.4 Å². The van der Waals surface area contributed by atoms with Crippen LogP contribution in [0.4, 0.5) is 0 Å². The van der Waals surface area contributed by atoms with Crippen molar-refractivity contribution in [3.63, 3.8) is 0 Å². The first-order chi connectivity index (χ1) is 13.2. The summed E-state index contributed by atoms with van der Waals surface area (Å²) < 4.78 is 32.1. The van der Waals surface area contributed by atoms with E-state index in [0.717, 1.165) is 4.88 Å². The van der Waals surface area contributed by atoms with Crippen molar-refractivity contribution in [3.05, 3.63) is 34.9 Å². The number of likely N-dealkylation sites (tertiary alicyclic amines) is 1. The number of hydrogen-bond donors (Lipinski definition) is 1. The standard InChI is InChI=1S/C19H22N2O5S2/c1-12-14(10-15(26-12)16-4-3-9-27-16)17(22)21-8-7-19(2,11-21)18(23)20-28(24,25)13-5-6-13/h3-4,9-10,13H,5-8,11H2,1-2H3,(H,20,23). The maximum absolute atomic E-state index is 13.0. The zero-order valence-corrected chi connectivity index (χ0v) is 17.4. The van der Waals surface area contributed by atoms with Crippen LogP contribution in [0.15, 0.2) is 28.0 Å². The molecule has 0 aromatic carbocycles. The zero-order valence-electron chi connectivity index (χ0n) is 15.7. The molecule has 2 aromatic rings. The van der Waals surface area contributed by atoms with Crippen LogP contribution in [0.1, 0.15) is 42.3 Å². The second kappa shape index (κ2) is 6.73. The third kappa shape index (κ3) is 3.48. The maximum atomic E-state index is 13.0. The quantitative estimate of drug-likeness (QED) is 0.799. The molecular weight excluding hydrogens is 400 g/mol. The molecule has 0 spiro atoms. The van der Waals surface area contributed by atoms with Crippen molar-refractivity contribution in [1.29, 1.82) is 0 Å². The molecule has 150 valence electrons. The summed E-state index contributed by atoms with van der Waals surface area (Å²) >= 11 is 1.53. The van der Waals surface area contributed by atoms with Crippen molar-refractivity contribution in [3.8, 4) is 10.6 Å². The third-order valence-electron chi connectivity index (χ3n) is 5.42. The van der Waals surface area contributed by atoms with E-state index in [9.17, 15) is 18.0 Å². The van der Waals surface area contributed by atoms with Crippen LogP contribution in [0.3, 0.4) is 0 Å². The molecule has 2 amide bonds. The first kappa shape index (κ1) is 19.2. The van der Waals surface area contributed by atoms with E-state index in [0.29, 0.717) is 42.9 Å². The van der Waals surface area contributed by atoms with Gasteiger partial charge in [0.15, 0.2) is 0 Å². The molecule has 0 radical (unpaired) electrons. The Labute approximate surface area is 167 Å². The number of sulfonamides is 1. The summed E-state index contributed by atoms with van der Waals surface area (Å²) in [7, 11) is -3.60. The number of carbonyl (C=O) groups is 2. The van der Waals surface area contributed by atoms with Crippen LogP contribution in [-0.4, -0.2) is 43.5 Å². The SMILES string of the molecule is Cc1oc(-c2cccs2)cc1C(=O)N1CCC(C)(C(=O)NS(=O)(=O)C2CC2)C1. The molecule has 1 aliphatic carbocycles. The highest BCUT2D eigenvalue weighted by atomic mass is 32.2. The number of nitrogens with zero attached hydrogens (tertiary/aromatic N) is 1. The van der Waals surface area contributed by atoms with Crippen LogP contribution in [-0.2, 0) is 14.8 Å². The molecular formula is C19H22N2O5S2. The Morgan fingerprint density at radius 3 is 2.75 bits per heavy atom. The molecule has 1 aliphatic heterocycles. The van der Waals surface area contributed by atoms with E-state index in [1.165, 1.54) is 11.3 Å². The van der Waals surface area contributed by atoms with Crippen LogP contribution in [0.25, 0.3) is 10.6 Å². The number of rotatable bonds is 5. The number of amides is 2. The second-order valence-corrected chi connectivity index (χ2v) is 10.7. The summed E-state index contributed by atoms with van der Waals surface area (Å²) in [6.07, 6.45) is 1.60. The highest BCUT2D eigenvalue weighted by Gasteiger charge is 2.46. The molecule has 0 bridgehead atoms. The Morgan fingerprint density at radius 1 is 1.36 bits per heavy atom. The van der Waals surface area contributed by atoms with E-state index in [1.807, 2.05) is 17.5 Å². The van der Waals surface area contributed by atoms with Crippen LogP contribution in [0.5, 0.6) is 0 Å². The minimum Gasteiger partial charge on any atom is -0.460 e. The van der Waals surface area contributed by atoms with Crippen molar-refractivity contribution >= 4 is 33.2 Å². The molecule has 1 saturated heterocycles. The van der Waals surface area contributed by atoms with E-state index in [4.69, 9.17) is 4.42 Å². The minimum absolute atomic E-state index is 0.177. The fraction of sp³-hybridized carbons (Fsp3) is 0.474. The Morgan fingerprint density at radius 2 is 2.11 bits per heavy atom. The summed E-state index contributed by atoms with van der Waals surface area (Å²) in [5.74, 6) is 0.442. The molecule has 1 saturated carbocycles. The molecule has 3 heterocycles. The molecule has 1 N–H and O–H groups in total. The van der Waals surface area contributed by atoms with Gasteiger partial charge in [0.25, 0.3) is 5.91 Å². The van der Waals surface area contributed by atoms with E-state index >= 15 is 0 Å². The van der Waals surface area contributed by atoms with E-state index in [-0.39, 0.29) is 12.5 Å². The lowest BCUT2D eigenvalue weighted by atomic mass is 9.89. The Kier molecular flexibility index (Phi) is 4.62. The van der Waals surface area contributed by atoms with Crippen LogP contribution in [0, 0.1) is 12.3 Å². The smallest absolute Gasteiger partial charge is 0.257 e. The summed E-state index contributed by atoms with van der Waals surface area (Å²) in [6.45, 7) is 4.02. The van der Waals surface area contributed by atoms with Gasteiger partial charge < -0.3 is 9.32 Å². The number of aryl methyl sites for hydroxylation is 1. The monoisotopic (exact) mass is 422 g/mol.